The molecule has 0 radical (unpaired) electrons. The van der Waals surface area contributed by atoms with E-state index in [1.165, 1.54) is 61.0 Å². The topological polar surface area (TPSA) is 0 Å². The first-order chi connectivity index (χ1) is 15.3. The van der Waals surface area contributed by atoms with E-state index in [-0.39, 0.29) is 0 Å². The third-order valence-electron chi connectivity index (χ3n) is 7.69. The monoisotopic (exact) mass is 394 g/mol. The van der Waals surface area contributed by atoms with Crippen LogP contribution in [0.4, 0.5) is 0 Å². The maximum Gasteiger partial charge on any atom is 0.217 e. The van der Waals surface area contributed by atoms with Crippen molar-refractivity contribution in [2.45, 2.75) is 25.1 Å². The smallest absolute Gasteiger partial charge is 0.100 e. The molecule has 1 fully saturated rings. The molecule has 4 aromatic rings. The lowest BCUT2D eigenvalue weighted by Crippen LogP contribution is -2.46. The fraction of sp³-hybridized carbons (Fsp3) is 0.133. The van der Waals surface area contributed by atoms with Crippen LogP contribution < -0.4 is 10.9 Å². The molecule has 31 heavy (non-hydrogen) atoms. The van der Waals surface area contributed by atoms with Crippen LogP contribution in [0, 0.1) is 0 Å². The second-order valence-electron chi connectivity index (χ2n) is 9.36. The van der Waals surface area contributed by atoms with Gasteiger partial charge in [-0.05, 0) is 69.6 Å². The number of rotatable bonds is 3. The van der Waals surface area contributed by atoms with E-state index in [0.717, 1.165) is 19.3 Å². The molecule has 1 atom stereocenters. The average molecular weight is 394 g/mol. The van der Waals surface area contributed by atoms with Gasteiger partial charge in [0.15, 0.2) is 0 Å². The molecule has 7 rings (SSSR count). The van der Waals surface area contributed by atoms with Gasteiger partial charge >= 0.3 is 0 Å². The van der Waals surface area contributed by atoms with Crippen molar-refractivity contribution in [3.63, 3.8) is 0 Å². The number of fused-ring (bicyclic) bond motifs is 6. The summed E-state index contributed by atoms with van der Waals surface area (Å²) >= 11 is 0. The van der Waals surface area contributed by atoms with E-state index >= 15 is 0 Å². The Kier molecular flexibility index (Phi) is 3.55. The zero-order valence-corrected chi connectivity index (χ0v) is 17.6. The minimum atomic E-state index is 0.404. The summed E-state index contributed by atoms with van der Waals surface area (Å²) in [6.07, 6.45) is 3.25. The highest BCUT2D eigenvalue weighted by molar-refractivity contribution is 6.88. The van der Waals surface area contributed by atoms with Crippen LogP contribution in [-0.4, -0.2) is 6.71 Å². The largest absolute Gasteiger partial charge is 0.217 e. The molecule has 1 saturated carbocycles. The summed E-state index contributed by atoms with van der Waals surface area (Å²) in [5.41, 5.74) is 16.1. The van der Waals surface area contributed by atoms with Crippen LogP contribution in [0.3, 0.4) is 0 Å². The molecule has 146 valence electrons. The molecule has 0 spiro atoms. The maximum atomic E-state index is 4.39. The standard InChI is InChI=1S/C30H23B/c1-19-16-30(19)31(28-14-6-12-24-22-10-4-2-8-20(22)17-26(24)28)29-15-7-13-25-23-11-5-3-9-21(23)18-27(25)29/h2-15,30H,1,16-18H2. The zero-order chi connectivity index (χ0) is 20.5. The SMILES string of the molecule is C=C1CC1B(c1cccc2c1Cc1ccccc1-2)c1cccc2c1Cc1ccccc1-2. The first-order valence-corrected chi connectivity index (χ1v) is 11.4. The quantitative estimate of drug-likeness (QED) is 0.264. The van der Waals surface area contributed by atoms with E-state index in [1.54, 1.807) is 0 Å². The van der Waals surface area contributed by atoms with Gasteiger partial charge in [-0.3, -0.25) is 0 Å². The Morgan fingerprint density at radius 2 is 1.03 bits per heavy atom. The Hall–Kier alpha value is -3.32. The molecule has 4 aromatic carbocycles. The van der Waals surface area contributed by atoms with E-state index in [4.69, 9.17) is 0 Å². The molecule has 3 aliphatic rings. The van der Waals surface area contributed by atoms with Crippen LogP contribution >= 0.6 is 0 Å². The summed E-state index contributed by atoms with van der Waals surface area (Å²) in [4.78, 5) is 0. The summed E-state index contributed by atoms with van der Waals surface area (Å²) in [6.45, 7) is 4.79. The highest BCUT2D eigenvalue weighted by atomic mass is 14.3. The molecular weight excluding hydrogens is 371 g/mol. The van der Waals surface area contributed by atoms with Gasteiger partial charge in [-0.15, -0.1) is 6.58 Å². The Labute approximate surface area is 184 Å². The number of benzene rings is 4. The van der Waals surface area contributed by atoms with E-state index < -0.39 is 0 Å². The molecule has 0 bridgehead atoms. The van der Waals surface area contributed by atoms with Gasteiger partial charge in [0.25, 0.3) is 0 Å². The summed E-state index contributed by atoms with van der Waals surface area (Å²) in [5.74, 6) is 0.561. The predicted molar refractivity (Wildman–Crippen MR) is 132 cm³/mol. The molecule has 1 heteroatoms. The van der Waals surface area contributed by atoms with Crippen molar-refractivity contribution in [1.29, 1.82) is 0 Å². The lowest BCUT2D eigenvalue weighted by molar-refractivity contribution is 1.26. The molecule has 3 aliphatic carbocycles. The molecular formula is C30H23B. The second-order valence-corrected chi connectivity index (χ2v) is 9.36. The number of hydrogen-bond acceptors (Lipinski definition) is 0. The minimum Gasteiger partial charge on any atom is -0.100 e. The molecule has 0 N–H and O–H groups in total. The van der Waals surface area contributed by atoms with Crippen LogP contribution in [-0.2, 0) is 12.8 Å². The van der Waals surface area contributed by atoms with Crippen molar-refractivity contribution in [1.82, 2.24) is 0 Å². The normalized spacial score (nSPS) is 17.0. The Bertz CT molecular complexity index is 1300. The molecule has 1 unspecified atom stereocenters. The van der Waals surface area contributed by atoms with Crippen molar-refractivity contribution in [2.75, 3.05) is 0 Å². The lowest BCUT2D eigenvalue weighted by atomic mass is 9.35. The van der Waals surface area contributed by atoms with Crippen molar-refractivity contribution < 1.29 is 0 Å². The Balaban J connectivity index is 1.42. The summed E-state index contributed by atoms with van der Waals surface area (Å²) in [5, 5.41) is 0. The lowest BCUT2D eigenvalue weighted by Gasteiger charge is -2.21. The highest BCUT2D eigenvalue weighted by Crippen LogP contribution is 2.47. The molecule has 0 aliphatic heterocycles. The van der Waals surface area contributed by atoms with Crippen LogP contribution in [0.2, 0.25) is 5.82 Å². The Morgan fingerprint density at radius 3 is 1.52 bits per heavy atom. The third kappa shape index (κ3) is 2.50. The fourth-order valence-corrected chi connectivity index (χ4v) is 6.12. The van der Waals surface area contributed by atoms with Crippen molar-refractivity contribution in [3.8, 4) is 22.3 Å². The van der Waals surface area contributed by atoms with Gasteiger partial charge in [0.05, 0.1) is 0 Å². The molecule has 0 heterocycles. The van der Waals surface area contributed by atoms with E-state index in [0.29, 0.717) is 12.5 Å². The van der Waals surface area contributed by atoms with Gasteiger partial charge in [-0.25, -0.2) is 0 Å². The van der Waals surface area contributed by atoms with Gasteiger partial charge < -0.3 is 0 Å². The second kappa shape index (κ2) is 6.34. The van der Waals surface area contributed by atoms with Crippen molar-refractivity contribution in [2.24, 2.45) is 0 Å². The van der Waals surface area contributed by atoms with E-state index in [1.807, 2.05) is 0 Å². The van der Waals surface area contributed by atoms with Crippen LogP contribution in [0.25, 0.3) is 22.3 Å². The zero-order valence-electron chi connectivity index (χ0n) is 17.6. The first-order valence-electron chi connectivity index (χ1n) is 11.4. The highest BCUT2D eigenvalue weighted by Gasteiger charge is 2.43. The van der Waals surface area contributed by atoms with Gasteiger partial charge in [-0.2, -0.15) is 0 Å². The summed E-state index contributed by atoms with van der Waals surface area (Å²) in [7, 11) is 0. The van der Waals surface area contributed by atoms with E-state index in [2.05, 4.69) is 91.5 Å². The number of hydrogen-bond donors (Lipinski definition) is 0. The first kappa shape index (κ1) is 17.4. The van der Waals surface area contributed by atoms with Gasteiger partial charge in [0, 0.05) is 0 Å². The van der Waals surface area contributed by atoms with Crippen LogP contribution in [0.15, 0.2) is 97.1 Å². The summed E-state index contributed by atoms with van der Waals surface area (Å²) < 4.78 is 0. The fourth-order valence-electron chi connectivity index (χ4n) is 6.12. The van der Waals surface area contributed by atoms with Gasteiger partial charge in [0.2, 0.25) is 6.71 Å². The maximum absolute atomic E-state index is 4.39. The van der Waals surface area contributed by atoms with Crippen molar-refractivity contribution in [3.05, 3.63) is 119 Å². The molecule has 0 amide bonds. The van der Waals surface area contributed by atoms with Gasteiger partial charge in [0.1, 0.15) is 0 Å². The third-order valence-corrected chi connectivity index (χ3v) is 7.69. The predicted octanol–water partition coefficient (Wildman–Crippen LogP) is 5.77. The van der Waals surface area contributed by atoms with Crippen LogP contribution in [0.5, 0.6) is 0 Å². The number of allylic oxidation sites excluding steroid dienone is 1. The summed E-state index contributed by atoms with van der Waals surface area (Å²) in [6, 6.07) is 31.8. The van der Waals surface area contributed by atoms with Crippen molar-refractivity contribution >= 4 is 17.6 Å². The van der Waals surface area contributed by atoms with Crippen LogP contribution in [0.1, 0.15) is 28.7 Å². The van der Waals surface area contributed by atoms with E-state index in [9.17, 15) is 0 Å². The minimum absolute atomic E-state index is 0.404. The van der Waals surface area contributed by atoms with Gasteiger partial charge in [-0.1, -0.05) is 101 Å². The molecule has 0 aromatic heterocycles. The molecule has 0 nitrogen and oxygen atoms in total. The molecule has 0 saturated heterocycles. The Morgan fingerprint density at radius 1 is 0.581 bits per heavy atom. The average Bonchev–Trinajstić information content (AvgIpc) is 3.22.